The number of rotatable bonds is 10. The molecule has 0 saturated heterocycles. The molecule has 0 aliphatic rings. The molecule has 0 aliphatic heterocycles. The third-order valence-electron chi connectivity index (χ3n) is 5.99. The summed E-state index contributed by atoms with van der Waals surface area (Å²) in [6, 6.07) is 25.2. The minimum absolute atomic E-state index is 0.0330. The highest BCUT2D eigenvalue weighted by Crippen LogP contribution is 2.19. The van der Waals surface area contributed by atoms with E-state index in [-0.39, 0.29) is 24.3 Å². The second-order valence-electron chi connectivity index (χ2n) is 8.84. The molecule has 3 aromatic carbocycles. The molecule has 0 heterocycles. The minimum atomic E-state index is -0.617. The van der Waals surface area contributed by atoms with E-state index in [4.69, 9.17) is 0 Å². The fraction of sp³-hybridized carbons (Fsp3) is 0.310. The average Bonchev–Trinajstić information content (AvgIpc) is 2.83. The summed E-state index contributed by atoms with van der Waals surface area (Å²) >= 11 is 3.53. The van der Waals surface area contributed by atoms with Gasteiger partial charge in [0.05, 0.1) is 6.42 Å². The van der Waals surface area contributed by atoms with Crippen LogP contribution in [0.4, 0.5) is 0 Å². The van der Waals surface area contributed by atoms with Crippen LogP contribution >= 0.6 is 15.9 Å². The number of benzene rings is 3. The molecule has 0 aromatic heterocycles. The van der Waals surface area contributed by atoms with Crippen molar-refractivity contribution in [1.82, 2.24) is 10.2 Å². The molecule has 3 rings (SSSR count). The Hall–Kier alpha value is -2.92. The smallest absolute Gasteiger partial charge is 0.243 e. The quantitative estimate of drug-likeness (QED) is 0.364. The molecule has 5 heteroatoms. The van der Waals surface area contributed by atoms with Crippen molar-refractivity contribution in [3.8, 4) is 0 Å². The number of halogens is 1. The number of carbonyl (C=O) groups is 2. The van der Waals surface area contributed by atoms with Crippen molar-refractivity contribution < 1.29 is 9.59 Å². The number of carbonyl (C=O) groups excluding carboxylic acids is 2. The number of nitrogens with one attached hydrogen (secondary N) is 1. The van der Waals surface area contributed by atoms with Crippen LogP contribution in [-0.4, -0.2) is 28.8 Å². The Balaban J connectivity index is 1.96. The van der Waals surface area contributed by atoms with Crippen molar-refractivity contribution in [3.63, 3.8) is 0 Å². The molecule has 0 unspecified atom stereocenters. The molecule has 1 N–H and O–H groups in total. The molecule has 2 atom stereocenters. The van der Waals surface area contributed by atoms with Gasteiger partial charge in [0, 0.05) is 23.5 Å². The molecule has 0 bridgehead atoms. The maximum Gasteiger partial charge on any atom is 0.243 e. The van der Waals surface area contributed by atoms with Crippen molar-refractivity contribution in [2.24, 2.45) is 0 Å². The van der Waals surface area contributed by atoms with E-state index in [0.29, 0.717) is 13.0 Å². The van der Waals surface area contributed by atoms with Gasteiger partial charge in [0.2, 0.25) is 11.8 Å². The van der Waals surface area contributed by atoms with Gasteiger partial charge < -0.3 is 10.2 Å². The zero-order valence-corrected chi connectivity index (χ0v) is 21.7. The lowest BCUT2D eigenvalue weighted by atomic mass is 10.0. The summed E-state index contributed by atoms with van der Waals surface area (Å²) in [6.45, 7) is 6.42. The van der Waals surface area contributed by atoms with Gasteiger partial charge in [-0.1, -0.05) is 95.1 Å². The van der Waals surface area contributed by atoms with Crippen LogP contribution < -0.4 is 5.32 Å². The Bertz CT molecular complexity index is 1080. The summed E-state index contributed by atoms with van der Waals surface area (Å²) in [6.07, 6.45) is 1.53. The van der Waals surface area contributed by atoms with E-state index >= 15 is 0 Å². The molecule has 4 nitrogen and oxygen atoms in total. The molecule has 178 valence electrons. The number of hydrogen-bond donors (Lipinski definition) is 1. The first-order valence-electron chi connectivity index (χ1n) is 11.8. The summed E-state index contributed by atoms with van der Waals surface area (Å²) in [5, 5.41) is 3.11. The number of nitrogens with zero attached hydrogens (tertiary/aromatic N) is 1. The second kappa shape index (κ2) is 12.5. The molecule has 0 radical (unpaired) electrons. The fourth-order valence-electron chi connectivity index (χ4n) is 3.81. The van der Waals surface area contributed by atoms with Crippen molar-refractivity contribution in [1.29, 1.82) is 0 Å². The SMILES string of the molecule is CC[C@@H](C)NC(=O)[C@H](Cc1ccccc1)N(Cc1cccc(Br)c1)C(=O)Cc1ccc(C)cc1. The van der Waals surface area contributed by atoms with E-state index in [0.717, 1.165) is 33.1 Å². The molecule has 34 heavy (non-hydrogen) atoms. The predicted octanol–water partition coefficient (Wildman–Crippen LogP) is 5.85. The normalized spacial score (nSPS) is 12.6. The van der Waals surface area contributed by atoms with Gasteiger partial charge in [-0.3, -0.25) is 9.59 Å². The molecular weight excluding hydrogens is 488 g/mol. The molecule has 3 aromatic rings. The van der Waals surface area contributed by atoms with Crippen molar-refractivity contribution in [2.75, 3.05) is 0 Å². The van der Waals surface area contributed by atoms with Crippen LogP contribution in [0.3, 0.4) is 0 Å². The summed E-state index contributed by atoms with van der Waals surface area (Å²) in [4.78, 5) is 29.0. The van der Waals surface area contributed by atoms with Crippen molar-refractivity contribution in [2.45, 2.75) is 58.7 Å². The van der Waals surface area contributed by atoms with Crippen molar-refractivity contribution >= 4 is 27.7 Å². The Morgan fingerprint density at radius 3 is 2.24 bits per heavy atom. The molecule has 0 saturated carbocycles. The number of hydrogen-bond acceptors (Lipinski definition) is 2. The largest absolute Gasteiger partial charge is 0.352 e. The van der Waals surface area contributed by atoms with E-state index in [2.05, 4.69) is 21.2 Å². The van der Waals surface area contributed by atoms with E-state index < -0.39 is 6.04 Å². The lowest BCUT2D eigenvalue weighted by molar-refractivity contribution is -0.141. The lowest BCUT2D eigenvalue weighted by Crippen LogP contribution is -2.52. The lowest BCUT2D eigenvalue weighted by Gasteiger charge is -2.32. The van der Waals surface area contributed by atoms with Gasteiger partial charge in [0.1, 0.15) is 6.04 Å². The maximum atomic E-state index is 13.7. The maximum absolute atomic E-state index is 13.7. The standard InChI is InChI=1S/C29H33BrN2O2/c1-4-22(3)31-29(34)27(18-23-9-6-5-7-10-23)32(20-25-11-8-12-26(30)17-25)28(33)19-24-15-13-21(2)14-16-24/h5-17,22,27H,4,18-20H2,1-3H3,(H,31,34)/t22-,27+/m1/s1. The van der Waals surface area contributed by atoms with Gasteiger partial charge in [-0.05, 0) is 49.1 Å². The highest BCUT2D eigenvalue weighted by atomic mass is 79.9. The molecule has 0 spiro atoms. The highest BCUT2D eigenvalue weighted by molar-refractivity contribution is 9.10. The minimum Gasteiger partial charge on any atom is -0.352 e. The number of amides is 2. The van der Waals surface area contributed by atoms with E-state index in [1.807, 2.05) is 99.6 Å². The van der Waals surface area contributed by atoms with Gasteiger partial charge in [-0.15, -0.1) is 0 Å². The van der Waals surface area contributed by atoms with Crippen LogP contribution in [0.1, 0.15) is 42.5 Å². The molecule has 2 amide bonds. The Morgan fingerprint density at radius 1 is 0.912 bits per heavy atom. The van der Waals surface area contributed by atoms with Crippen LogP contribution in [0.2, 0.25) is 0 Å². The monoisotopic (exact) mass is 520 g/mol. The van der Waals surface area contributed by atoms with Gasteiger partial charge in [-0.2, -0.15) is 0 Å². The zero-order valence-electron chi connectivity index (χ0n) is 20.1. The van der Waals surface area contributed by atoms with E-state index in [1.54, 1.807) is 4.90 Å². The summed E-state index contributed by atoms with van der Waals surface area (Å²) in [5.74, 6) is -0.186. The first kappa shape index (κ1) is 25.7. The first-order chi connectivity index (χ1) is 16.4. The highest BCUT2D eigenvalue weighted by Gasteiger charge is 2.31. The Labute approximate surface area is 211 Å². The van der Waals surface area contributed by atoms with Crippen LogP contribution in [-0.2, 0) is 29.0 Å². The first-order valence-corrected chi connectivity index (χ1v) is 12.6. The van der Waals surface area contributed by atoms with Crippen molar-refractivity contribution in [3.05, 3.63) is 106 Å². The van der Waals surface area contributed by atoms with Crippen LogP contribution in [0.25, 0.3) is 0 Å². The third-order valence-corrected chi connectivity index (χ3v) is 6.48. The molecule has 0 aliphatic carbocycles. The van der Waals surface area contributed by atoms with E-state index in [9.17, 15) is 9.59 Å². The Kier molecular flexibility index (Phi) is 9.46. The Morgan fingerprint density at radius 2 is 1.59 bits per heavy atom. The van der Waals surface area contributed by atoms with Gasteiger partial charge in [0.15, 0.2) is 0 Å². The summed E-state index contributed by atoms with van der Waals surface area (Å²) < 4.78 is 0.944. The van der Waals surface area contributed by atoms with Gasteiger partial charge in [0.25, 0.3) is 0 Å². The summed E-state index contributed by atoms with van der Waals surface area (Å²) in [5.41, 5.74) is 4.09. The second-order valence-corrected chi connectivity index (χ2v) is 9.75. The number of aryl methyl sites for hydroxylation is 1. The molecule has 0 fully saturated rings. The topological polar surface area (TPSA) is 49.4 Å². The fourth-order valence-corrected chi connectivity index (χ4v) is 4.26. The van der Waals surface area contributed by atoms with Gasteiger partial charge >= 0.3 is 0 Å². The third kappa shape index (κ3) is 7.56. The van der Waals surface area contributed by atoms with E-state index in [1.165, 1.54) is 0 Å². The van der Waals surface area contributed by atoms with Crippen LogP contribution in [0, 0.1) is 6.92 Å². The van der Waals surface area contributed by atoms with Crippen LogP contribution in [0.15, 0.2) is 83.3 Å². The van der Waals surface area contributed by atoms with Gasteiger partial charge in [-0.25, -0.2) is 0 Å². The summed E-state index contributed by atoms with van der Waals surface area (Å²) in [7, 11) is 0. The van der Waals surface area contributed by atoms with Crippen LogP contribution in [0.5, 0.6) is 0 Å². The molecular formula is C29H33BrN2O2. The zero-order chi connectivity index (χ0) is 24.5. The average molecular weight is 521 g/mol. The predicted molar refractivity (Wildman–Crippen MR) is 141 cm³/mol.